The zero-order valence-electron chi connectivity index (χ0n) is 13.0. The lowest BCUT2D eigenvalue weighted by molar-refractivity contribution is 0.309. The van der Waals surface area contributed by atoms with Crippen LogP contribution < -0.4 is 15.4 Å². The van der Waals surface area contributed by atoms with Gasteiger partial charge in [-0.05, 0) is 32.1 Å². The second-order valence-corrected chi connectivity index (χ2v) is 4.63. The molecule has 5 heteroatoms. The summed E-state index contributed by atoms with van der Waals surface area (Å²) in [4.78, 5) is 9.10. The Morgan fingerprint density at radius 2 is 1.90 bits per heavy atom. The fourth-order valence-corrected chi connectivity index (χ4v) is 1.95. The van der Waals surface area contributed by atoms with E-state index in [9.17, 15) is 0 Å². The molecule has 0 bridgehead atoms. The Labute approximate surface area is 122 Å². The van der Waals surface area contributed by atoms with Gasteiger partial charge in [0.25, 0.3) is 0 Å². The first-order valence-corrected chi connectivity index (χ1v) is 7.52. The molecule has 0 spiro atoms. The van der Waals surface area contributed by atoms with E-state index in [-0.39, 0.29) is 0 Å². The van der Waals surface area contributed by atoms with Crippen LogP contribution in [-0.4, -0.2) is 56.3 Å². The minimum absolute atomic E-state index is 0.659. The third kappa shape index (κ3) is 5.35. The lowest BCUT2D eigenvalue weighted by atomic mass is 10.3. The first-order valence-electron chi connectivity index (χ1n) is 7.52. The van der Waals surface area contributed by atoms with Gasteiger partial charge in [0.05, 0.1) is 12.8 Å². The van der Waals surface area contributed by atoms with Crippen LogP contribution in [0.15, 0.2) is 18.3 Å². The smallest absolute Gasteiger partial charge is 0.137 e. The normalized spacial score (nSPS) is 15.5. The topological polar surface area (TPSA) is 54.6 Å². The van der Waals surface area contributed by atoms with Crippen molar-refractivity contribution in [3.8, 4) is 5.75 Å². The molecule has 2 N–H and O–H groups in total. The van der Waals surface area contributed by atoms with Crippen molar-refractivity contribution >= 4 is 5.82 Å². The molecule has 0 aliphatic carbocycles. The first-order chi connectivity index (χ1) is 9.79. The standard InChI is InChI=1S/C13H22N4O.C2H6/c1-16-6-8-17(9-7-16)13-4-3-12(11-15-13)18-10-2-5-14;1-2/h3-4,11H,2,5-10,14H2,1H3;1-2H3. The van der Waals surface area contributed by atoms with Gasteiger partial charge in [-0.2, -0.15) is 0 Å². The predicted molar refractivity (Wildman–Crippen MR) is 84.5 cm³/mol. The fourth-order valence-electron chi connectivity index (χ4n) is 1.95. The Bertz CT molecular complexity index is 347. The van der Waals surface area contributed by atoms with E-state index >= 15 is 0 Å². The van der Waals surface area contributed by atoms with Gasteiger partial charge < -0.3 is 20.3 Å². The molecule has 0 amide bonds. The molecule has 1 aromatic rings. The van der Waals surface area contributed by atoms with Gasteiger partial charge in [-0.1, -0.05) is 13.8 Å². The molecule has 1 saturated heterocycles. The first kappa shape index (κ1) is 16.7. The van der Waals surface area contributed by atoms with Crippen LogP contribution in [0.4, 0.5) is 5.82 Å². The zero-order chi connectivity index (χ0) is 14.8. The molecule has 0 unspecified atom stereocenters. The number of piperazine rings is 1. The van der Waals surface area contributed by atoms with Crippen molar-refractivity contribution < 1.29 is 4.74 Å². The van der Waals surface area contributed by atoms with E-state index in [1.165, 1.54) is 0 Å². The molecule has 0 radical (unpaired) electrons. The SMILES string of the molecule is CC.CN1CCN(c2ccc(OCCCN)cn2)CC1. The number of hydrogen-bond donors (Lipinski definition) is 1. The number of hydrogen-bond acceptors (Lipinski definition) is 5. The second-order valence-electron chi connectivity index (χ2n) is 4.63. The zero-order valence-corrected chi connectivity index (χ0v) is 13.0. The third-order valence-corrected chi connectivity index (χ3v) is 3.17. The molecule has 2 rings (SSSR count). The minimum Gasteiger partial charge on any atom is -0.492 e. The third-order valence-electron chi connectivity index (χ3n) is 3.17. The Morgan fingerprint density at radius 3 is 2.45 bits per heavy atom. The number of pyridine rings is 1. The van der Waals surface area contributed by atoms with Gasteiger partial charge in [0, 0.05) is 26.2 Å². The summed E-state index contributed by atoms with van der Waals surface area (Å²) in [6, 6.07) is 4.01. The van der Waals surface area contributed by atoms with Crippen molar-refractivity contribution in [2.45, 2.75) is 20.3 Å². The average molecular weight is 280 g/mol. The highest BCUT2D eigenvalue weighted by Crippen LogP contribution is 2.17. The molecule has 1 fully saturated rings. The number of nitrogens with zero attached hydrogens (tertiary/aromatic N) is 3. The number of aromatic nitrogens is 1. The van der Waals surface area contributed by atoms with E-state index in [4.69, 9.17) is 10.5 Å². The van der Waals surface area contributed by atoms with Crippen LogP contribution in [0.5, 0.6) is 5.75 Å². The maximum Gasteiger partial charge on any atom is 0.137 e. The summed E-state index contributed by atoms with van der Waals surface area (Å²) in [5.74, 6) is 1.86. The maximum absolute atomic E-state index is 5.54. The molecule has 1 aliphatic heterocycles. The Kier molecular flexibility index (Phi) is 7.99. The fraction of sp³-hybridized carbons (Fsp3) is 0.667. The van der Waals surface area contributed by atoms with E-state index in [2.05, 4.69) is 21.8 Å². The molecule has 114 valence electrons. The number of likely N-dealkylation sites (N-methyl/N-ethyl adjacent to an activating group) is 1. The van der Waals surface area contributed by atoms with E-state index in [1.807, 2.05) is 26.0 Å². The van der Waals surface area contributed by atoms with Crippen LogP contribution in [0.3, 0.4) is 0 Å². The van der Waals surface area contributed by atoms with E-state index in [1.54, 1.807) is 6.20 Å². The molecule has 1 aliphatic rings. The van der Waals surface area contributed by atoms with Crippen molar-refractivity contribution in [1.29, 1.82) is 0 Å². The van der Waals surface area contributed by atoms with Crippen molar-refractivity contribution in [3.63, 3.8) is 0 Å². The quantitative estimate of drug-likeness (QED) is 0.830. The van der Waals surface area contributed by atoms with Crippen molar-refractivity contribution in [2.24, 2.45) is 5.73 Å². The van der Waals surface area contributed by atoms with Gasteiger partial charge in [-0.25, -0.2) is 4.98 Å². The van der Waals surface area contributed by atoms with Crippen molar-refractivity contribution in [3.05, 3.63) is 18.3 Å². The van der Waals surface area contributed by atoms with Crippen LogP contribution in [0.25, 0.3) is 0 Å². The van der Waals surface area contributed by atoms with Gasteiger partial charge in [0.1, 0.15) is 11.6 Å². The van der Waals surface area contributed by atoms with Crippen molar-refractivity contribution in [1.82, 2.24) is 9.88 Å². The van der Waals surface area contributed by atoms with E-state index < -0.39 is 0 Å². The lowest BCUT2D eigenvalue weighted by Crippen LogP contribution is -2.44. The second kappa shape index (κ2) is 9.55. The van der Waals surface area contributed by atoms with Crippen LogP contribution in [0, 0.1) is 0 Å². The number of anilines is 1. The highest BCUT2D eigenvalue weighted by molar-refractivity contribution is 5.41. The highest BCUT2D eigenvalue weighted by atomic mass is 16.5. The van der Waals surface area contributed by atoms with Gasteiger partial charge in [0.15, 0.2) is 0 Å². The van der Waals surface area contributed by atoms with Crippen LogP contribution in [0.2, 0.25) is 0 Å². The largest absolute Gasteiger partial charge is 0.492 e. The molecule has 5 nitrogen and oxygen atoms in total. The summed E-state index contributed by atoms with van der Waals surface area (Å²) in [5, 5.41) is 0. The number of ether oxygens (including phenoxy) is 1. The average Bonchev–Trinajstić information content (AvgIpc) is 2.51. The summed E-state index contributed by atoms with van der Waals surface area (Å²) >= 11 is 0. The van der Waals surface area contributed by atoms with Crippen LogP contribution >= 0.6 is 0 Å². The molecule has 20 heavy (non-hydrogen) atoms. The molecule has 0 saturated carbocycles. The molecule has 2 heterocycles. The molecular weight excluding hydrogens is 252 g/mol. The maximum atomic E-state index is 5.54. The van der Waals surface area contributed by atoms with Gasteiger partial charge >= 0.3 is 0 Å². The highest BCUT2D eigenvalue weighted by Gasteiger charge is 2.14. The predicted octanol–water partition coefficient (Wildman–Crippen LogP) is 1.59. The summed E-state index contributed by atoms with van der Waals surface area (Å²) < 4.78 is 5.54. The molecule has 0 aromatic carbocycles. The Balaban J connectivity index is 0.000000956. The number of rotatable bonds is 5. The monoisotopic (exact) mass is 280 g/mol. The molecular formula is C15H28N4O. The summed E-state index contributed by atoms with van der Waals surface area (Å²) in [5.41, 5.74) is 5.42. The van der Waals surface area contributed by atoms with E-state index in [0.717, 1.165) is 44.2 Å². The minimum atomic E-state index is 0.659. The Morgan fingerprint density at radius 1 is 1.20 bits per heavy atom. The van der Waals surface area contributed by atoms with Crippen molar-refractivity contribution in [2.75, 3.05) is 51.3 Å². The van der Waals surface area contributed by atoms with Gasteiger partial charge in [-0.3, -0.25) is 0 Å². The van der Waals surface area contributed by atoms with Gasteiger partial charge in [0.2, 0.25) is 0 Å². The van der Waals surface area contributed by atoms with Gasteiger partial charge in [-0.15, -0.1) is 0 Å². The summed E-state index contributed by atoms with van der Waals surface area (Å²) in [6.45, 7) is 9.58. The van der Waals surface area contributed by atoms with Crippen LogP contribution in [-0.2, 0) is 0 Å². The number of nitrogens with two attached hydrogens (primary N) is 1. The molecule has 0 atom stereocenters. The molecule has 1 aromatic heterocycles. The van der Waals surface area contributed by atoms with Crippen LogP contribution in [0.1, 0.15) is 20.3 Å². The van der Waals surface area contributed by atoms with E-state index in [0.29, 0.717) is 13.2 Å². The Hall–Kier alpha value is -1.33. The summed E-state index contributed by atoms with van der Waals surface area (Å²) in [6.07, 6.45) is 2.67. The summed E-state index contributed by atoms with van der Waals surface area (Å²) in [7, 11) is 2.15. The lowest BCUT2D eigenvalue weighted by Gasteiger charge is -2.33.